The van der Waals surface area contributed by atoms with Gasteiger partial charge in [-0.3, -0.25) is 0 Å². The van der Waals surface area contributed by atoms with Gasteiger partial charge in [0.2, 0.25) is 0 Å². The van der Waals surface area contributed by atoms with Gasteiger partial charge in [-0.1, -0.05) is 46.0 Å². The molecule has 0 spiro atoms. The molecule has 0 saturated heterocycles. The number of rotatable bonds is 6. The van der Waals surface area contributed by atoms with E-state index in [4.69, 9.17) is 0 Å². The van der Waals surface area contributed by atoms with Gasteiger partial charge in [0.25, 0.3) is 0 Å². The lowest BCUT2D eigenvalue weighted by Crippen LogP contribution is -2.19. The fourth-order valence-electron chi connectivity index (χ4n) is 1.51. The first-order chi connectivity index (χ1) is 7.60. The second-order valence-electron chi connectivity index (χ2n) is 4.53. The Morgan fingerprint density at radius 3 is 2.25 bits per heavy atom. The second-order valence-corrected chi connectivity index (χ2v) is 5.57. The van der Waals surface area contributed by atoms with E-state index in [0.717, 1.165) is 18.0 Å². The third-order valence-electron chi connectivity index (χ3n) is 3.00. The zero-order valence-electron chi connectivity index (χ0n) is 10.9. The summed E-state index contributed by atoms with van der Waals surface area (Å²) >= 11 is 1.76. The molecule has 0 radical (unpaired) electrons. The van der Waals surface area contributed by atoms with Crippen molar-refractivity contribution < 1.29 is 0 Å². The van der Waals surface area contributed by atoms with Gasteiger partial charge in [-0.25, -0.2) is 0 Å². The summed E-state index contributed by atoms with van der Waals surface area (Å²) in [5.74, 6) is 1.13. The monoisotopic (exact) mass is 241 g/mol. The van der Waals surface area contributed by atoms with Crippen molar-refractivity contribution in [2.45, 2.75) is 53.0 Å². The molecule has 2 unspecified atom stereocenters. The van der Waals surface area contributed by atoms with Gasteiger partial charge < -0.3 is 5.32 Å². The first kappa shape index (κ1) is 13.6. The van der Waals surface area contributed by atoms with Gasteiger partial charge in [0, 0.05) is 5.92 Å². The molecular formula is C12H23N3S. The van der Waals surface area contributed by atoms with Crippen molar-refractivity contribution in [3.63, 3.8) is 0 Å². The van der Waals surface area contributed by atoms with Crippen LogP contribution in [0.3, 0.4) is 0 Å². The van der Waals surface area contributed by atoms with E-state index in [-0.39, 0.29) is 0 Å². The van der Waals surface area contributed by atoms with Crippen LogP contribution in [0.25, 0.3) is 0 Å². The van der Waals surface area contributed by atoms with Crippen LogP contribution in [0.4, 0.5) is 0 Å². The van der Waals surface area contributed by atoms with E-state index in [1.165, 1.54) is 5.01 Å². The van der Waals surface area contributed by atoms with Crippen molar-refractivity contribution in [1.82, 2.24) is 15.5 Å². The molecule has 1 N–H and O–H groups in total. The smallest absolute Gasteiger partial charge is 0.134 e. The Morgan fingerprint density at radius 1 is 1.12 bits per heavy atom. The third kappa shape index (κ3) is 3.25. The van der Waals surface area contributed by atoms with Crippen LogP contribution in [0.2, 0.25) is 0 Å². The summed E-state index contributed by atoms with van der Waals surface area (Å²) in [5.41, 5.74) is 0. The lowest BCUT2D eigenvalue weighted by atomic mass is 9.99. The number of aromatic nitrogens is 2. The zero-order valence-corrected chi connectivity index (χ0v) is 11.8. The quantitative estimate of drug-likeness (QED) is 0.830. The van der Waals surface area contributed by atoms with Gasteiger partial charge in [-0.2, -0.15) is 0 Å². The minimum atomic E-state index is 0.371. The minimum absolute atomic E-state index is 0.371. The second kappa shape index (κ2) is 6.30. The maximum absolute atomic E-state index is 4.32. The molecule has 0 aliphatic rings. The molecule has 0 aliphatic carbocycles. The van der Waals surface area contributed by atoms with Gasteiger partial charge in [0.05, 0.1) is 6.04 Å². The molecule has 0 amide bonds. The predicted molar refractivity (Wildman–Crippen MR) is 69.9 cm³/mol. The van der Waals surface area contributed by atoms with Crippen LogP contribution in [0.15, 0.2) is 0 Å². The summed E-state index contributed by atoms with van der Waals surface area (Å²) in [6.07, 6.45) is 1.07. The molecule has 0 saturated carbocycles. The summed E-state index contributed by atoms with van der Waals surface area (Å²) in [4.78, 5) is 0. The maximum Gasteiger partial charge on any atom is 0.134 e. The molecule has 16 heavy (non-hydrogen) atoms. The molecule has 3 nitrogen and oxygen atoms in total. The van der Waals surface area contributed by atoms with Crippen molar-refractivity contribution in [3.8, 4) is 0 Å². The zero-order chi connectivity index (χ0) is 12.1. The van der Waals surface area contributed by atoms with Crippen LogP contribution in [0.5, 0.6) is 0 Å². The average Bonchev–Trinajstić information content (AvgIpc) is 2.73. The third-order valence-corrected chi connectivity index (χ3v) is 4.24. The van der Waals surface area contributed by atoms with E-state index in [1.807, 2.05) is 0 Å². The highest BCUT2D eigenvalue weighted by Gasteiger charge is 2.18. The van der Waals surface area contributed by atoms with E-state index >= 15 is 0 Å². The van der Waals surface area contributed by atoms with Crippen LogP contribution in [0.1, 0.15) is 63.0 Å². The Labute approximate surface area is 103 Å². The molecule has 4 heteroatoms. The highest BCUT2D eigenvalue weighted by Crippen LogP contribution is 2.29. The number of nitrogens with one attached hydrogen (secondary N) is 1. The molecule has 1 rings (SSSR count). The summed E-state index contributed by atoms with van der Waals surface area (Å²) in [5, 5.41) is 14.4. The van der Waals surface area contributed by atoms with Crippen LogP contribution >= 0.6 is 11.3 Å². The summed E-state index contributed by atoms with van der Waals surface area (Å²) in [6, 6.07) is 0.371. The topological polar surface area (TPSA) is 37.8 Å². The number of hydrogen-bond acceptors (Lipinski definition) is 4. The van der Waals surface area contributed by atoms with Crippen LogP contribution < -0.4 is 5.32 Å². The van der Waals surface area contributed by atoms with Crippen molar-refractivity contribution in [3.05, 3.63) is 10.0 Å². The lowest BCUT2D eigenvalue weighted by molar-refractivity contribution is 0.522. The standard InChI is InChI=1S/C12H23N3S/c1-6-10(13-7-2)12-15-14-11(16-12)9(5)8(3)4/h8-10,13H,6-7H2,1-5H3. The Kier molecular flexibility index (Phi) is 5.35. The fourth-order valence-corrected chi connectivity index (χ4v) is 2.74. The van der Waals surface area contributed by atoms with Gasteiger partial charge in [0.15, 0.2) is 0 Å². The predicted octanol–water partition coefficient (Wildman–Crippen LogP) is 3.36. The van der Waals surface area contributed by atoms with E-state index in [0.29, 0.717) is 17.9 Å². The lowest BCUT2D eigenvalue weighted by Gasteiger charge is -2.12. The Balaban J connectivity index is 2.76. The fraction of sp³-hybridized carbons (Fsp3) is 0.833. The summed E-state index contributed by atoms with van der Waals surface area (Å²) in [7, 11) is 0. The van der Waals surface area contributed by atoms with Gasteiger partial charge >= 0.3 is 0 Å². The van der Waals surface area contributed by atoms with Crippen molar-refractivity contribution >= 4 is 11.3 Å². The molecule has 1 aromatic rings. The van der Waals surface area contributed by atoms with Crippen LogP contribution in [-0.4, -0.2) is 16.7 Å². The average molecular weight is 241 g/mol. The van der Waals surface area contributed by atoms with Crippen molar-refractivity contribution in [2.24, 2.45) is 5.92 Å². The Hall–Kier alpha value is -0.480. The first-order valence-electron chi connectivity index (χ1n) is 6.16. The molecule has 92 valence electrons. The van der Waals surface area contributed by atoms with E-state index in [9.17, 15) is 0 Å². The molecule has 0 fully saturated rings. The van der Waals surface area contributed by atoms with Crippen molar-refractivity contribution in [1.29, 1.82) is 0 Å². The first-order valence-corrected chi connectivity index (χ1v) is 6.98. The molecule has 0 aliphatic heterocycles. The Morgan fingerprint density at radius 2 is 1.75 bits per heavy atom. The highest BCUT2D eigenvalue weighted by molar-refractivity contribution is 7.11. The number of hydrogen-bond donors (Lipinski definition) is 1. The van der Waals surface area contributed by atoms with E-state index in [1.54, 1.807) is 11.3 Å². The van der Waals surface area contributed by atoms with E-state index in [2.05, 4.69) is 50.1 Å². The molecular weight excluding hydrogens is 218 g/mol. The van der Waals surface area contributed by atoms with Gasteiger partial charge in [0.1, 0.15) is 10.0 Å². The van der Waals surface area contributed by atoms with Crippen LogP contribution in [-0.2, 0) is 0 Å². The largest absolute Gasteiger partial charge is 0.308 e. The molecule has 0 aromatic carbocycles. The molecule has 1 heterocycles. The summed E-state index contributed by atoms with van der Waals surface area (Å²) < 4.78 is 0. The SMILES string of the molecule is CCNC(CC)c1nnc(C(C)C(C)C)s1. The normalized spacial score (nSPS) is 15.4. The highest BCUT2D eigenvalue weighted by atomic mass is 32.1. The van der Waals surface area contributed by atoms with Gasteiger partial charge in [-0.15, -0.1) is 10.2 Å². The van der Waals surface area contributed by atoms with E-state index < -0.39 is 0 Å². The van der Waals surface area contributed by atoms with Crippen molar-refractivity contribution in [2.75, 3.05) is 6.54 Å². The summed E-state index contributed by atoms with van der Waals surface area (Å²) in [6.45, 7) is 12.0. The Bertz CT molecular complexity index is 309. The molecule has 1 aromatic heterocycles. The van der Waals surface area contributed by atoms with Crippen LogP contribution in [0, 0.1) is 5.92 Å². The number of nitrogens with zero attached hydrogens (tertiary/aromatic N) is 2. The van der Waals surface area contributed by atoms with Gasteiger partial charge in [-0.05, 0) is 18.9 Å². The molecule has 2 atom stereocenters. The maximum atomic E-state index is 4.32. The molecule has 0 bridgehead atoms. The minimum Gasteiger partial charge on any atom is -0.308 e.